The summed E-state index contributed by atoms with van der Waals surface area (Å²) in [5, 5.41) is 12.7. The summed E-state index contributed by atoms with van der Waals surface area (Å²) >= 11 is 4.55. The third kappa shape index (κ3) is 4.41. The molecular formula is C19H17BrN6O3S. The number of Topliss-reactive ketones (excluding diaryl/α,β-unsaturated/α-hetero) is 1. The van der Waals surface area contributed by atoms with E-state index in [2.05, 4.69) is 36.7 Å². The molecule has 1 aliphatic heterocycles. The van der Waals surface area contributed by atoms with Gasteiger partial charge in [-0.3, -0.25) is 4.79 Å². The van der Waals surface area contributed by atoms with Crippen LogP contribution in [0.4, 0.5) is 5.95 Å². The lowest BCUT2D eigenvalue weighted by Crippen LogP contribution is -2.14. The van der Waals surface area contributed by atoms with E-state index in [4.69, 9.17) is 15.3 Å². The highest BCUT2D eigenvalue weighted by atomic mass is 79.9. The Kier molecular flexibility index (Phi) is 5.91. The molecule has 0 radical (unpaired) electrons. The van der Waals surface area contributed by atoms with Crippen molar-refractivity contribution in [3.05, 3.63) is 58.1 Å². The summed E-state index contributed by atoms with van der Waals surface area (Å²) in [6.45, 7) is 2.06. The Hall–Kier alpha value is -3.05. The second kappa shape index (κ2) is 8.76. The third-order valence-electron chi connectivity index (χ3n) is 4.28. The van der Waals surface area contributed by atoms with E-state index < -0.39 is 0 Å². The molecule has 0 fully saturated rings. The molecule has 0 aliphatic carbocycles. The number of hydrogen-bond donors (Lipinski definition) is 2. The molecule has 2 aromatic carbocycles. The number of nitrogens with two attached hydrogens (primary N) is 1. The highest BCUT2D eigenvalue weighted by molar-refractivity contribution is 9.10. The fraction of sp³-hybridized carbons (Fsp3) is 0.158. The SMILES string of the molecule is C/C(=N\Nc1nnc(SCC(=O)c2ccc(Br)cc2)n1N)c1ccc2c(c1)OCO2. The third-order valence-corrected chi connectivity index (χ3v) is 5.75. The zero-order chi connectivity index (χ0) is 21.1. The average molecular weight is 489 g/mol. The molecule has 3 N–H and O–H groups in total. The van der Waals surface area contributed by atoms with E-state index in [0.29, 0.717) is 27.9 Å². The summed E-state index contributed by atoms with van der Waals surface area (Å²) in [5.74, 6) is 7.84. The molecule has 4 rings (SSSR count). The average Bonchev–Trinajstić information content (AvgIpc) is 3.36. The van der Waals surface area contributed by atoms with Crippen LogP contribution in [-0.2, 0) is 0 Å². The number of hydrogen-bond acceptors (Lipinski definition) is 9. The van der Waals surface area contributed by atoms with Gasteiger partial charge in [-0.2, -0.15) is 5.10 Å². The van der Waals surface area contributed by atoms with Gasteiger partial charge in [0, 0.05) is 15.6 Å². The van der Waals surface area contributed by atoms with Crippen LogP contribution >= 0.6 is 27.7 Å². The molecule has 0 spiro atoms. The van der Waals surface area contributed by atoms with Crippen LogP contribution in [0.1, 0.15) is 22.8 Å². The number of hydrazone groups is 1. The smallest absolute Gasteiger partial charge is 0.264 e. The molecule has 1 aromatic heterocycles. The van der Waals surface area contributed by atoms with Crippen molar-refractivity contribution in [2.45, 2.75) is 12.1 Å². The van der Waals surface area contributed by atoms with E-state index in [-0.39, 0.29) is 24.3 Å². The first-order valence-electron chi connectivity index (χ1n) is 8.83. The molecule has 0 amide bonds. The van der Waals surface area contributed by atoms with E-state index >= 15 is 0 Å². The molecule has 30 heavy (non-hydrogen) atoms. The maximum atomic E-state index is 12.3. The van der Waals surface area contributed by atoms with E-state index in [9.17, 15) is 4.79 Å². The number of nitrogen functional groups attached to an aromatic ring is 1. The minimum atomic E-state index is -0.0262. The zero-order valence-electron chi connectivity index (χ0n) is 15.8. The number of anilines is 1. The lowest BCUT2D eigenvalue weighted by atomic mass is 10.1. The predicted molar refractivity (Wildman–Crippen MR) is 118 cm³/mol. The topological polar surface area (TPSA) is 117 Å². The molecule has 154 valence electrons. The predicted octanol–water partition coefficient (Wildman–Crippen LogP) is 3.29. The molecule has 0 saturated heterocycles. The molecule has 0 unspecified atom stereocenters. The Labute approximate surface area is 184 Å². The highest BCUT2D eigenvalue weighted by Gasteiger charge is 2.15. The number of rotatable bonds is 7. The van der Waals surface area contributed by atoms with Gasteiger partial charge in [-0.15, -0.1) is 10.2 Å². The number of thioether (sulfide) groups is 1. The number of benzene rings is 2. The Morgan fingerprint density at radius 3 is 2.73 bits per heavy atom. The van der Waals surface area contributed by atoms with Gasteiger partial charge in [0.2, 0.25) is 11.9 Å². The normalized spacial score (nSPS) is 12.8. The van der Waals surface area contributed by atoms with Crippen molar-refractivity contribution in [1.82, 2.24) is 14.9 Å². The summed E-state index contributed by atoms with van der Waals surface area (Å²) in [7, 11) is 0. The van der Waals surface area contributed by atoms with Crippen LogP contribution in [0, 0.1) is 0 Å². The molecule has 11 heteroatoms. The lowest BCUT2D eigenvalue weighted by Gasteiger charge is -2.05. The number of halogens is 1. The second-order valence-corrected chi connectivity index (χ2v) is 8.13. The first-order chi connectivity index (χ1) is 14.5. The molecule has 2 heterocycles. The van der Waals surface area contributed by atoms with Gasteiger partial charge in [0.25, 0.3) is 5.95 Å². The Morgan fingerprint density at radius 2 is 1.93 bits per heavy atom. The van der Waals surface area contributed by atoms with Gasteiger partial charge in [-0.25, -0.2) is 10.1 Å². The maximum absolute atomic E-state index is 12.3. The summed E-state index contributed by atoms with van der Waals surface area (Å²) in [4.78, 5) is 12.3. The van der Waals surface area contributed by atoms with Gasteiger partial charge in [-0.05, 0) is 37.3 Å². The number of ether oxygens (including phenoxy) is 2. The molecule has 0 saturated carbocycles. The van der Waals surface area contributed by atoms with E-state index in [1.54, 1.807) is 12.1 Å². The monoisotopic (exact) mass is 488 g/mol. The van der Waals surface area contributed by atoms with Gasteiger partial charge < -0.3 is 15.3 Å². The summed E-state index contributed by atoms with van der Waals surface area (Å²) in [6, 6.07) is 12.7. The van der Waals surface area contributed by atoms with E-state index in [1.807, 2.05) is 37.3 Å². The van der Waals surface area contributed by atoms with Gasteiger partial charge >= 0.3 is 0 Å². The first kappa shape index (κ1) is 20.2. The number of aromatic nitrogens is 3. The summed E-state index contributed by atoms with van der Waals surface area (Å²) in [5.41, 5.74) is 4.99. The Bertz CT molecular complexity index is 1120. The summed E-state index contributed by atoms with van der Waals surface area (Å²) in [6.07, 6.45) is 0. The van der Waals surface area contributed by atoms with Crippen molar-refractivity contribution in [2.75, 3.05) is 23.8 Å². The first-order valence-corrected chi connectivity index (χ1v) is 10.6. The van der Waals surface area contributed by atoms with Crippen LogP contribution in [0.5, 0.6) is 11.5 Å². The number of nitrogens with one attached hydrogen (secondary N) is 1. The lowest BCUT2D eigenvalue weighted by molar-refractivity contribution is 0.102. The van der Waals surface area contributed by atoms with Crippen LogP contribution in [-0.4, -0.2) is 38.9 Å². The van der Waals surface area contributed by atoms with Crippen LogP contribution in [0.2, 0.25) is 0 Å². The van der Waals surface area contributed by atoms with Crippen molar-refractivity contribution in [3.63, 3.8) is 0 Å². The highest BCUT2D eigenvalue weighted by Crippen LogP contribution is 2.32. The van der Waals surface area contributed by atoms with Crippen LogP contribution in [0.15, 0.2) is 57.2 Å². The van der Waals surface area contributed by atoms with E-state index in [0.717, 1.165) is 10.0 Å². The van der Waals surface area contributed by atoms with Gasteiger partial charge in [0.05, 0.1) is 11.5 Å². The van der Waals surface area contributed by atoms with Gasteiger partial charge in [-0.1, -0.05) is 39.8 Å². The van der Waals surface area contributed by atoms with Crippen LogP contribution in [0.25, 0.3) is 0 Å². The minimum Gasteiger partial charge on any atom is -0.454 e. The Morgan fingerprint density at radius 1 is 1.20 bits per heavy atom. The van der Waals surface area contributed by atoms with Crippen LogP contribution in [0.3, 0.4) is 0 Å². The molecular weight excluding hydrogens is 472 g/mol. The largest absolute Gasteiger partial charge is 0.454 e. The standard InChI is InChI=1S/C19H17BrN6O3S/c1-11(13-4-7-16-17(8-13)29-10-28-16)22-23-18-24-25-19(26(18)21)30-9-15(27)12-2-5-14(20)6-3-12/h2-8H,9-10,21H2,1H3,(H,23,24)/b22-11+. The molecule has 3 aromatic rings. The number of carbonyl (C=O) groups is 1. The number of carbonyl (C=O) groups excluding carboxylic acids is 1. The van der Waals surface area contributed by atoms with E-state index in [1.165, 1.54) is 16.4 Å². The van der Waals surface area contributed by atoms with Crippen molar-refractivity contribution in [2.24, 2.45) is 5.10 Å². The van der Waals surface area contributed by atoms with Gasteiger partial charge in [0.15, 0.2) is 17.3 Å². The fourth-order valence-electron chi connectivity index (χ4n) is 2.62. The quantitative estimate of drug-likeness (QED) is 0.171. The molecule has 0 atom stereocenters. The van der Waals surface area contributed by atoms with Crippen LogP contribution < -0.4 is 20.7 Å². The number of ketones is 1. The fourth-order valence-corrected chi connectivity index (χ4v) is 3.64. The molecule has 0 bridgehead atoms. The number of nitrogens with zero attached hydrogens (tertiary/aromatic N) is 4. The molecule has 1 aliphatic rings. The van der Waals surface area contributed by atoms with Crippen molar-refractivity contribution in [1.29, 1.82) is 0 Å². The van der Waals surface area contributed by atoms with Crippen molar-refractivity contribution in [3.8, 4) is 11.5 Å². The van der Waals surface area contributed by atoms with Gasteiger partial charge in [0.1, 0.15) is 0 Å². The minimum absolute atomic E-state index is 0.0262. The summed E-state index contributed by atoms with van der Waals surface area (Å²) < 4.78 is 12.9. The second-order valence-electron chi connectivity index (χ2n) is 6.27. The molecule has 9 nitrogen and oxygen atoms in total. The maximum Gasteiger partial charge on any atom is 0.264 e. The Balaban J connectivity index is 1.38. The van der Waals surface area contributed by atoms with Crippen molar-refractivity contribution < 1.29 is 14.3 Å². The number of fused-ring (bicyclic) bond motifs is 1. The van der Waals surface area contributed by atoms with Crippen molar-refractivity contribution >= 4 is 45.1 Å². The zero-order valence-corrected chi connectivity index (χ0v) is 18.2.